The third-order valence-corrected chi connectivity index (χ3v) is 7.12. The maximum absolute atomic E-state index is 12.1. The number of hydrogen-bond acceptors (Lipinski definition) is 3. The highest BCUT2D eigenvalue weighted by atomic mass is 16.4. The maximum atomic E-state index is 12.1. The molecule has 148 valence electrons. The lowest BCUT2D eigenvalue weighted by atomic mass is 9.48. The van der Waals surface area contributed by atoms with Gasteiger partial charge in [0.25, 0.3) is 0 Å². The van der Waals surface area contributed by atoms with Crippen LogP contribution in [0.1, 0.15) is 56.0 Å². The normalized spacial score (nSPS) is 31.5. The maximum Gasteiger partial charge on any atom is 0.319 e. The number of benzene rings is 1. The number of carbonyl (C=O) groups is 1. The summed E-state index contributed by atoms with van der Waals surface area (Å²) in [6, 6.07) is 11.5. The highest BCUT2D eigenvalue weighted by Crippen LogP contribution is 2.60. The fourth-order valence-corrected chi connectivity index (χ4v) is 6.32. The molecule has 1 atom stereocenters. The number of aliphatic hydroxyl groups excluding tert-OH is 1. The Hall–Kier alpha value is -2.27. The number of furan rings is 1. The molecule has 1 unspecified atom stereocenters. The summed E-state index contributed by atoms with van der Waals surface area (Å²) in [4.78, 5) is 12.1. The summed E-state index contributed by atoms with van der Waals surface area (Å²) in [7, 11) is 0. The van der Waals surface area contributed by atoms with E-state index in [1.165, 1.54) is 50.4 Å². The molecule has 4 aliphatic carbocycles. The predicted octanol–water partition coefficient (Wildman–Crippen LogP) is 4.60. The summed E-state index contributed by atoms with van der Waals surface area (Å²) < 4.78 is 5.14. The van der Waals surface area contributed by atoms with Crippen molar-refractivity contribution in [3.05, 3.63) is 54.0 Å². The average Bonchev–Trinajstić information content (AvgIpc) is 3.20. The number of aliphatic hydroxyl groups is 1. The number of amides is 2. The van der Waals surface area contributed by atoms with Crippen LogP contribution in [0.3, 0.4) is 0 Å². The van der Waals surface area contributed by atoms with Crippen LogP contribution in [0, 0.1) is 17.8 Å². The van der Waals surface area contributed by atoms with E-state index in [2.05, 4.69) is 22.8 Å². The number of hydrogen-bond donors (Lipinski definition) is 3. The highest BCUT2D eigenvalue weighted by molar-refractivity contribution is 5.89. The first kappa shape index (κ1) is 17.8. The van der Waals surface area contributed by atoms with Crippen LogP contribution in [0.25, 0.3) is 0 Å². The summed E-state index contributed by atoms with van der Waals surface area (Å²) in [5.74, 6) is 3.22. The van der Waals surface area contributed by atoms with E-state index in [0.717, 1.165) is 23.4 Å². The summed E-state index contributed by atoms with van der Waals surface area (Å²) in [6.07, 6.45) is 9.03. The van der Waals surface area contributed by atoms with Crippen molar-refractivity contribution in [2.24, 2.45) is 17.8 Å². The van der Waals surface area contributed by atoms with Crippen molar-refractivity contribution < 1.29 is 14.3 Å². The predicted molar refractivity (Wildman–Crippen MR) is 107 cm³/mol. The zero-order valence-electron chi connectivity index (χ0n) is 16.1. The molecule has 2 aromatic rings. The fourth-order valence-electron chi connectivity index (χ4n) is 6.32. The van der Waals surface area contributed by atoms with Crippen LogP contribution in [0.15, 0.2) is 47.1 Å². The Morgan fingerprint density at radius 3 is 2.29 bits per heavy atom. The van der Waals surface area contributed by atoms with Gasteiger partial charge in [0.05, 0.1) is 12.8 Å². The molecule has 6 rings (SSSR count). The van der Waals surface area contributed by atoms with Crippen LogP contribution in [-0.4, -0.2) is 17.7 Å². The van der Waals surface area contributed by atoms with Crippen molar-refractivity contribution in [2.45, 2.75) is 50.0 Å². The molecule has 28 heavy (non-hydrogen) atoms. The number of rotatable bonds is 5. The molecule has 4 fully saturated rings. The monoisotopic (exact) mass is 380 g/mol. The van der Waals surface area contributed by atoms with Gasteiger partial charge in [-0.05, 0) is 91.5 Å². The van der Waals surface area contributed by atoms with Gasteiger partial charge in [-0.2, -0.15) is 0 Å². The Balaban J connectivity index is 1.19. The van der Waals surface area contributed by atoms with Crippen molar-refractivity contribution in [3.8, 4) is 0 Å². The SMILES string of the molecule is O=C(NCC(O)c1ccco1)Nc1ccc(C23CC4CC(CC(C4)C2)C3)cc1. The number of nitrogens with one attached hydrogen (secondary N) is 2. The minimum absolute atomic E-state index is 0.102. The van der Waals surface area contributed by atoms with Gasteiger partial charge in [0.15, 0.2) is 0 Å². The van der Waals surface area contributed by atoms with E-state index < -0.39 is 6.10 Å². The second-order valence-corrected chi connectivity index (χ2v) is 9.14. The standard InChI is InChI=1S/C23H28N2O3/c26-20(21-2-1-7-28-21)14-24-22(27)25-19-5-3-18(4-6-19)23-11-15-8-16(12-23)10-17(9-15)13-23/h1-7,15-17,20,26H,8-14H2,(H2,24,25,27). The lowest BCUT2D eigenvalue weighted by Crippen LogP contribution is -2.48. The topological polar surface area (TPSA) is 74.5 Å². The van der Waals surface area contributed by atoms with Gasteiger partial charge in [-0.1, -0.05) is 12.1 Å². The van der Waals surface area contributed by atoms with Gasteiger partial charge in [-0.15, -0.1) is 0 Å². The van der Waals surface area contributed by atoms with Crippen LogP contribution in [0.2, 0.25) is 0 Å². The molecule has 0 aliphatic heterocycles. The molecule has 3 N–H and O–H groups in total. The molecule has 1 aromatic carbocycles. The second-order valence-electron chi connectivity index (χ2n) is 9.14. The molecule has 4 saturated carbocycles. The van der Waals surface area contributed by atoms with Crippen molar-refractivity contribution in [1.29, 1.82) is 0 Å². The molecular formula is C23H28N2O3. The Morgan fingerprint density at radius 1 is 1.07 bits per heavy atom. The Kier molecular flexibility index (Phi) is 4.43. The van der Waals surface area contributed by atoms with Crippen LogP contribution in [-0.2, 0) is 5.41 Å². The highest BCUT2D eigenvalue weighted by Gasteiger charge is 2.51. The third kappa shape index (κ3) is 3.32. The Morgan fingerprint density at radius 2 is 1.71 bits per heavy atom. The largest absolute Gasteiger partial charge is 0.467 e. The van der Waals surface area contributed by atoms with Crippen molar-refractivity contribution >= 4 is 11.7 Å². The van der Waals surface area contributed by atoms with Crippen LogP contribution >= 0.6 is 0 Å². The summed E-state index contributed by atoms with van der Waals surface area (Å²) in [5.41, 5.74) is 2.60. The molecule has 0 spiro atoms. The van der Waals surface area contributed by atoms with Gasteiger partial charge in [-0.3, -0.25) is 0 Å². The van der Waals surface area contributed by atoms with Crippen LogP contribution in [0.5, 0.6) is 0 Å². The molecule has 4 bridgehead atoms. The summed E-state index contributed by atoms with van der Waals surface area (Å²) >= 11 is 0. The van der Waals surface area contributed by atoms with Gasteiger partial charge < -0.3 is 20.2 Å². The van der Waals surface area contributed by atoms with Crippen molar-refractivity contribution in [2.75, 3.05) is 11.9 Å². The average molecular weight is 380 g/mol. The lowest BCUT2D eigenvalue weighted by molar-refractivity contribution is -0.00518. The van der Waals surface area contributed by atoms with Crippen molar-refractivity contribution in [3.63, 3.8) is 0 Å². The molecule has 0 saturated heterocycles. The zero-order valence-corrected chi connectivity index (χ0v) is 16.1. The van der Waals surface area contributed by atoms with E-state index in [0.29, 0.717) is 11.2 Å². The van der Waals surface area contributed by atoms with E-state index >= 15 is 0 Å². The van der Waals surface area contributed by atoms with Crippen LogP contribution in [0.4, 0.5) is 10.5 Å². The van der Waals surface area contributed by atoms with Gasteiger partial charge in [-0.25, -0.2) is 4.79 Å². The fraction of sp³-hybridized carbons (Fsp3) is 0.522. The minimum atomic E-state index is -0.848. The molecule has 1 aromatic heterocycles. The quantitative estimate of drug-likeness (QED) is 0.709. The number of urea groups is 1. The molecule has 2 amide bonds. The van der Waals surface area contributed by atoms with Crippen molar-refractivity contribution in [1.82, 2.24) is 5.32 Å². The van der Waals surface area contributed by atoms with Gasteiger partial charge in [0.1, 0.15) is 11.9 Å². The molecule has 5 nitrogen and oxygen atoms in total. The third-order valence-electron chi connectivity index (χ3n) is 7.12. The molecule has 1 heterocycles. The van der Waals surface area contributed by atoms with E-state index in [1.807, 2.05) is 12.1 Å². The molecule has 4 aliphatic rings. The molecule has 5 heteroatoms. The summed E-state index contributed by atoms with van der Waals surface area (Å²) in [6.45, 7) is 0.102. The minimum Gasteiger partial charge on any atom is -0.467 e. The first-order chi connectivity index (χ1) is 13.6. The number of anilines is 1. The summed E-state index contributed by atoms with van der Waals surface area (Å²) in [5, 5.41) is 15.5. The first-order valence-electron chi connectivity index (χ1n) is 10.5. The lowest BCUT2D eigenvalue weighted by Gasteiger charge is -2.57. The second kappa shape index (κ2) is 6.96. The molecule has 0 radical (unpaired) electrons. The van der Waals surface area contributed by atoms with Gasteiger partial charge in [0.2, 0.25) is 0 Å². The van der Waals surface area contributed by atoms with Gasteiger partial charge >= 0.3 is 6.03 Å². The Bertz CT molecular complexity index is 793. The van der Waals surface area contributed by atoms with E-state index in [-0.39, 0.29) is 12.6 Å². The zero-order chi connectivity index (χ0) is 19.1. The smallest absolute Gasteiger partial charge is 0.319 e. The van der Waals surface area contributed by atoms with E-state index in [9.17, 15) is 9.90 Å². The molecular weight excluding hydrogens is 352 g/mol. The van der Waals surface area contributed by atoms with E-state index in [1.54, 1.807) is 12.1 Å². The van der Waals surface area contributed by atoms with Crippen LogP contribution < -0.4 is 10.6 Å². The van der Waals surface area contributed by atoms with E-state index in [4.69, 9.17) is 4.42 Å². The first-order valence-corrected chi connectivity index (χ1v) is 10.5. The number of carbonyl (C=O) groups excluding carboxylic acids is 1. The Labute approximate surface area is 165 Å². The van der Waals surface area contributed by atoms with Gasteiger partial charge in [0, 0.05) is 5.69 Å².